The Kier molecular flexibility index (Phi) is 7.35. The van der Waals surface area contributed by atoms with Gasteiger partial charge in [0.2, 0.25) is 0 Å². The fraction of sp³-hybridized carbons (Fsp3) is 0.588. The molecule has 0 bridgehead atoms. The smallest absolute Gasteiger partial charge is 0.407 e. The zero-order valence-corrected chi connectivity index (χ0v) is 15.0. The second kappa shape index (κ2) is 8.55. The Labute approximate surface area is 141 Å². The van der Waals surface area contributed by atoms with Crippen molar-refractivity contribution in [2.45, 2.75) is 38.2 Å². The van der Waals surface area contributed by atoms with Gasteiger partial charge in [0.15, 0.2) is 0 Å². The van der Waals surface area contributed by atoms with Gasteiger partial charge in [-0.25, -0.2) is 9.18 Å². The Morgan fingerprint density at radius 3 is 2.61 bits per heavy atom. The van der Waals surface area contributed by atoms with Crippen molar-refractivity contribution in [3.05, 3.63) is 35.6 Å². The summed E-state index contributed by atoms with van der Waals surface area (Å²) in [6.45, 7) is 5.35. The van der Waals surface area contributed by atoms with Crippen LogP contribution in [-0.4, -0.2) is 42.0 Å². The molecule has 1 aromatic rings. The highest BCUT2D eigenvalue weighted by molar-refractivity contribution is 7.98. The molecule has 0 spiro atoms. The van der Waals surface area contributed by atoms with Gasteiger partial charge in [0.05, 0.1) is 6.61 Å². The second-order valence-corrected chi connectivity index (χ2v) is 7.53. The maximum Gasteiger partial charge on any atom is 0.407 e. The Balaban J connectivity index is 2.93. The third kappa shape index (κ3) is 6.39. The van der Waals surface area contributed by atoms with Crippen LogP contribution >= 0.6 is 11.8 Å². The number of alkyl carbamates (subject to hydrolysis) is 1. The molecule has 0 heterocycles. The predicted octanol–water partition coefficient (Wildman–Crippen LogP) is 3.33. The number of hydrogen-bond acceptors (Lipinski definition) is 4. The van der Waals surface area contributed by atoms with E-state index < -0.39 is 17.1 Å². The molecule has 0 aliphatic rings. The van der Waals surface area contributed by atoms with Crippen LogP contribution in [0.15, 0.2) is 24.3 Å². The lowest BCUT2D eigenvalue weighted by molar-refractivity contribution is 0.0502. The fourth-order valence-corrected chi connectivity index (χ4v) is 2.83. The highest BCUT2D eigenvalue weighted by atomic mass is 32.2. The molecular weight excluding hydrogens is 317 g/mol. The molecule has 1 amide bonds. The number of halogens is 1. The normalized spacial score (nSPS) is 14.2. The van der Waals surface area contributed by atoms with Crippen molar-refractivity contribution in [2.75, 3.05) is 25.2 Å². The van der Waals surface area contributed by atoms with Gasteiger partial charge in [-0.15, -0.1) is 0 Å². The van der Waals surface area contributed by atoms with Gasteiger partial charge in [0.1, 0.15) is 11.4 Å². The molecule has 0 aliphatic heterocycles. The number of rotatable bonds is 7. The van der Waals surface area contributed by atoms with Crippen molar-refractivity contribution in [1.82, 2.24) is 5.32 Å². The number of ether oxygens (including phenoxy) is 1. The molecule has 1 unspecified atom stereocenters. The van der Waals surface area contributed by atoms with Crippen molar-refractivity contribution in [1.29, 1.82) is 0 Å². The molecule has 0 saturated heterocycles. The summed E-state index contributed by atoms with van der Waals surface area (Å²) < 4.78 is 18.8. The number of aliphatic hydroxyl groups excluding tert-OH is 1. The van der Waals surface area contributed by atoms with Gasteiger partial charge in [-0.1, -0.05) is 12.1 Å². The minimum Gasteiger partial charge on any atom is -0.444 e. The van der Waals surface area contributed by atoms with Crippen LogP contribution in [0.4, 0.5) is 9.18 Å². The third-order valence-corrected chi connectivity index (χ3v) is 4.11. The number of thioether (sulfide) groups is 1. The van der Waals surface area contributed by atoms with Gasteiger partial charge >= 0.3 is 6.09 Å². The summed E-state index contributed by atoms with van der Waals surface area (Å²) in [4.78, 5) is 11.9. The maximum atomic E-state index is 13.6. The van der Waals surface area contributed by atoms with E-state index in [4.69, 9.17) is 4.74 Å². The van der Waals surface area contributed by atoms with Crippen LogP contribution in [0.5, 0.6) is 0 Å². The summed E-state index contributed by atoms with van der Waals surface area (Å²) in [6, 6.07) is 6.16. The molecule has 4 nitrogen and oxygen atoms in total. The molecule has 1 aromatic carbocycles. The summed E-state index contributed by atoms with van der Waals surface area (Å²) in [6.07, 6.45) is 2.04. The largest absolute Gasteiger partial charge is 0.444 e. The lowest BCUT2D eigenvalue weighted by Crippen LogP contribution is -2.45. The SMILES string of the molecule is CSCCC(CO)(CNC(=O)OC(C)(C)C)c1cccc(F)c1. The highest BCUT2D eigenvalue weighted by Gasteiger charge is 2.32. The molecular formula is C17H26FNO3S. The molecule has 1 atom stereocenters. The van der Waals surface area contributed by atoms with Gasteiger partial charge in [0, 0.05) is 12.0 Å². The molecule has 1 rings (SSSR count). The summed E-state index contributed by atoms with van der Waals surface area (Å²) in [5.41, 5.74) is -0.656. The monoisotopic (exact) mass is 343 g/mol. The lowest BCUT2D eigenvalue weighted by atomic mass is 9.78. The Morgan fingerprint density at radius 2 is 2.09 bits per heavy atom. The fourth-order valence-electron chi connectivity index (χ4n) is 2.23. The van der Waals surface area contributed by atoms with Crippen LogP contribution in [-0.2, 0) is 10.2 Å². The van der Waals surface area contributed by atoms with Crippen LogP contribution in [0.3, 0.4) is 0 Å². The zero-order chi connectivity index (χ0) is 17.5. The van der Waals surface area contributed by atoms with Crippen molar-refractivity contribution < 1.29 is 19.0 Å². The summed E-state index contributed by atoms with van der Waals surface area (Å²) in [5.74, 6) is 0.425. The van der Waals surface area contributed by atoms with Crippen molar-refractivity contribution in [3.8, 4) is 0 Å². The topological polar surface area (TPSA) is 58.6 Å². The van der Waals surface area contributed by atoms with E-state index in [0.717, 1.165) is 5.75 Å². The Morgan fingerprint density at radius 1 is 1.39 bits per heavy atom. The third-order valence-electron chi connectivity index (χ3n) is 3.49. The van der Waals surface area contributed by atoms with Crippen molar-refractivity contribution in [3.63, 3.8) is 0 Å². The van der Waals surface area contributed by atoms with Crippen LogP contribution < -0.4 is 5.32 Å². The van der Waals surface area contributed by atoms with E-state index in [-0.39, 0.29) is 19.0 Å². The standard InChI is InChI=1S/C17H26FNO3S/c1-16(2,3)22-15(21)19-11-17(12-20,8-9-23-4)13-6-5-7-14(18)10-13/h5-7,10,20H,8-9,11-12H2,1-4H3,(H,19,21). The van der Waals surface area contributed by atoms with E-state index in [1.165, 1.54) is 12.1 Å². The lowest BCUT2D eigenvalue weighted by Gasteiger charge is -2.33. The maximum absolute atomic E-state index is 13.6. The number of amides is 1. The Bertz CT molecular complexity index is 519. The summed E-state index contributed by atoms with van der Waals surface area (Å²) >= 11 is 1.64. The first-order valence-electron chi connectivity index (χ1n) is 7.55. The average Bonchev–Trinajstić information content (AvgIpc) is 2.46. The van der Waals surface area contributed by atoms with Crippen LogP contribution in [0.2, 0.25) is 0 Å². The number of hydrogen-bond donors (Lipinski definition) is 2. The van der Waals surface area contributed by atoms with Crippen LogP contribution in [0, 0.1) is 5.82 Å². The van der Waals surface area contributed by atoms with E-state index in [0.29, 0.717) is 12.0 Å². The molecule has 0 fully saturated rings. The quantitative estimate of drug-likeness (QED) is 0.797. The van der Waals surface area contributed by atoms with E-state index in [1.54, 1.807) is 44.7 Å². The summed E-state index contributed by atoms with van der Waals surface area (Å²) in [7, 11) is 0. The first kappa shape index (κ1) is 19.8. The summed E-state index contributed by atoms with van der Waals surface area (Å²) in [5, 5.41) is 12.7. The number of carbonyl (C=O) groups is 1. The van der Waals surface area contributed by atoms with Gasteiger partial charge in [-0.2, -0.15) is 11.8 Å². The van der Waals surface area contributed by atoms with Crippen LogP contribution in [0.25, 0.3) is 0 Å². The van der Waals surface area contributed by atoms with Crippen molar-refractivity contribution >= 4 is 17.9 Å². The van der Waals surface area contributed by atoms with Gasteiger partial charge in [0.25, 0.3) is 0 Å². The molecule has 0 aliphatic carbocycles. The number of nitrogens with one attached hydrogen (secondary N) is 1. The molecule has 130 valence electrons. The second-order valence-electron chi connectivity index (χ2n) is 6.55. The first-order chi connectivity index (χ1) is 10.7. The average molecular weight is 343 g/mol. The molecule has 0 aromatic heterocycles. The highest BCUT2D eigenvalue weighted by Crippen LogP contribution is 2.29. The number of benzene rings is 1. The predicted molar refractivity (Wildman–Crippen MR) is 92.4 cm³/mol. The van der Waals surface area contributed by atoms with Gasteiger partial charge in [-0.3, -0.25) is 0 Å². The number of aliphatic hydroxyl groups is 1. The van der Waals surface area contributed by atoms with E-state index in [1.807, 2.05) is 6.26 Å². The molecule has 6 heteroatoms. The van der Waals surface area contributed by atoms with E-state index >= 15 is 0 Å². The van der Waals surface area contributed by atoms with Gasteiger partial charge in [-0.05, 0) is 56.9 Å². The Hall–Kier alpha value is -1.27. The molecule has 0 radical (unpaired) electrons. The minimum absolute atomic E-state index is 0.183. The van der Waals surface area contributed by atoms with Crippen molar-refractivity contribution in [2.24, 2.45) is 0 Å². The van der Waals surface area contributed by atoms with Crippen LogP contribution in [0.1, 0.15) is 32.8 Å². The molecule has 0 saturated carbocycles. The number of carbonyl (C=O) groups excluding carboxylic acids is 1. The molecule has 2 N–H and O–H groups in total. The zero-order valence-electron chi connectivity index (χ0n) is 14.2. The van der Waals surface area contributed by atoms with E-state index in [2.05, 4.69) is 5.32 Å². The van der Waals surface area contributed by atoms with Gasteiger partial charge < -0.3 is 15.2 Å². The van der Waals surface area contributed by atoms with E-state index in [9.17, 15) is 14.3 Å². The minimum atomic E-state index is -0.734. The first-order valence-corrected chi connectivity index (χ1v) is 8.94. The molecule has 23 heavy (non-hydrogen) atoms.